The van der Waals surface area contributed by atoms with Crippen molar-refractivity contribution in [3.63, 3.8) is 0 Å². The summed E-state index contributed by atoms with van der Waals surface area (Å²) in [4.78, 5) is 18.9. The number of aryl methyl sites for hydroxylation is 1. The molecular weight excluding hydrogens is 218 g/mol. The van der Waals surface area contributed by atoms with E-state index in [0.29, 0.717) is 5.82 Å². The van der Waals surface area contributed by atoms with Crippen LogP contribution < -0.4 is 10.6 Å². The predicted octanol–water partition coefficient (Wildman–Crippen LogP) is 0.569. The van der Waals surface area contributed by atoms with E-state index >= 15 is 0 Å². The second kappa shape index (κ2) is 5.86. The van der Waals surface area contributed by atoms with E-state index in [2.05, 4.69) is 15.3 Å². The van der Waals surface area contributed by atoms with E-state index in [-0.39, 0.29) is 11.7 Å². The molecule has 6 heteroatoms. The number of aliphatic imine (C=N–C) groups is 1. The van der Waals surface area contributed by atoms with Crippen LogP contribution in [0.15, 0.2) is 17.1 Å². The maximum absolute atomic E-state index is 10.9. The van der Waals surface area contributed by atoms with Crippen molar-refractivity contribution >= 4 is 29.6 Å². The normalized spacial score (nSPS) is 10.5. The van der Waals surface area contributed by atoms with Crippen molar-refractivity contribution in [2.24, 2.45) is 4.99 Å². The molecule has 1 heterocycles. The van der Waals surface area contributed by atoms with Gasteiger partial charge in [-0.05, 0) is 19.9 Å². The highest BCUT2D eigenvalue weighted by Crippen LogP contribution is 2.10. The van der Waals surface area contributed by atoms with Crippen LogP contribution in [0.25, 0.3) is 0 Å². The average molecular weight is 234 g/mol. The van der Waals surface area contributed by atoms with Gasteiger partial charge in [0.15, 0.2) is 12.0 Å². The summed E-state index contributed by atoms with van der Waals surface area (Å²) in [6.45, 7) is 4.90. The molecule has 0 fully saturated rings. The fraction of sp³-hybridized carbons (Fsp3) is 0.273. The fourth-order valence-corrected chi connectivity index (χ4v) is 1.23. The van der Waals surface area contributed by atoms with E-state index in [1.54, 1.807) is 24.6 Å². The zero-order valence-electron chi connectivity index (χ0n) is 10.1. The van der Waals surface area contributed by atoms with Gasteiger partial charge >= 0.3 is 0 Å². The topological polar surface area (TPSA) is 94.8 Å². The molecule has 0 aliphatic rings. The molecule has 0 aliphatic carbocycles. The molecule has 0 radical (unpaired) electrons. The Hall–Kier alpha value is -2.08. The van der Waals surface area contributed by atoms with Crippen LogP contribution >= 0.6 is 0 Å². The molecule has 0 unspecified atom stereocenters. The predicted molar refractivity (Wildman–Crippen MR) is 66.8 cm³/mol. The number of aromatic nitrogens is 1. The van der Waals surface area contributed by atoms with Crippen molar-refractivity contribution in [1.29, 1.82) is 5.41 Å². The van der Waals surface area contributed by atoms with Gasteiger partial charge in [-0.2, -0.15) is 4.99 Å². The van der Waals surface area contributed by atoms with Crippen molar-refractivity contribution in [3.05, 3.63) is 17.8 Å². The lowest BCUT2D eigenvalue weighted by atomic mass is 10.3. The van der Waals surface area contributed by atoms with Gasteiger partial charge in [-0.3, -0.25) is 15.5 Å². The van der Waals surface area contributed by atoms with Crippen molar-refractivity contribution in [3.8, 4) is 0 Å². The lowest BCUT2D eigenvalue weighted by Crippen LogP contribution is -2.76. The Bertz CT molecular complexity index is 467. The smallest absolute Gasteiger partial charge is 0.222 e. The number of hydrogen-bond acceptors (Lipinski definition) is 3. The summed E-state index contributed by atoms with van der Waals surface area (Å²) in [5.74, 6) is 0.642. The maximum Gasteiger partial charge on any atom is 0.222 e. The van der Waals surface area contributed by atoms with Gasteiger partial charge in [-0.25, -0.2) is 4.98 Å². The van der Waals surface area contributed by atoms with E-state index in [4.69, 9.17) is 5.41 Å². The molecule has 0 aromatic carbocycles. The number of rotatable bonds is 3. The summed E-state index contributed by atoms with van der Waals surface area (Å²) in [6.07, 6.45) is 1.56. The number of amides is 1. The van der Waals surface area contributed by atoms with Gasteiger partial charge in [0, 0.05) is 13.0 Å². The fourth-order valence-electron chi connectivity index (χ4n) is 1.23. The summed E-state index contributed by atoms with van der Waals surface area (Å²) >= 11 is 0. The monoisotopic (exact) mass is 234 g/mol. The number of hydrogen-bond donors (Lipinski definition) is 3. The molecule has 4 N–H and O–H groups in total. The number of pyridine rings is 1. The van der Waals surface area contributed by atoms with Gasteiger partial charge in [0.25, 0.3) is 0 Å². The minimum Gasteiger partial charge on any atom is -0.311 e. The summed E-state index contributed by atoms with van der Waals surface area (Å²) in [6, 6.07) is 3.57. The quantitative estimate of drug-likeness (QED) is 0.526. The van der Waals surface area contributed by atoms with Crippen LogP contribution in [0.5, 0.6) is 0 Å². The first-order chi connectivity index (χ1) is 7.99. The largest absolute Gasteiger partial charge is 0.311 e. The van der Waals surface area contributed by atoms with Crippen LogP contribution in [0.3, 0.4) is 0 Å². The third kappa shape index (κ3) is 4.52. The van der Waals surface area contributed by atoms with Gasteiger partial charge in [-0.1, -0.05) is 0 Å². The molecule has 1 rings (SSSR count). The first kappa shape index (κ1) is 13.0. The number of quaternary nitrogens is 1. The van der Waals surface area contributed by atoms with Gasteiger partial charge in [0.1, 0.15) is 17.3 Å². The molecule has 0 atom stereocenters. The average Bonchev–Trinajstić information content (AvgIpc) is 2.20. The van der Waals surface area contributed by atoms with Crippen molar-refractivity contribution < 1.29 is 10.1 Å². The van der Waals surface area contributed by atoms with E-state index in [0.717, 1.165) is 11.4 Å². The Labute approximate surface area is 99.7 Å². The van der Waals surface area contributed by atoms with Crippen molar-refractivity contribution in [2.45, 2.75) is 20.8 Å². The number of nitrogens with one attached hydrogen (secondary N) is 2. The molecule has 0 saturated heterocycles. The minimum absolute atomic E-state index is 0.144. The van der Waals surface area contributed by atoms with E-state index in [1.165, 1.54) is 6.92 Å². The molecule has 0 spiro atoms. The lowest BCUT2D eigenvalue weighted by molar-refractivity contribution is -0.433. The zero-order valence-corrected chi connectivity index (χ0v) is 10.1. The summed E-state index contributed by atoms with van der Waals surface area (Å²) < 4.78 is 0. The van der Waals surface area contributed by atoms with E-state index in [1.807, 2.05) is 13.0 Å². The number of nitrogens with two attached hydrogens (primary N) is 1. The third-order valence-electron chi connectivity index (χ3n) is 1.95. The highest BCUT2D eigenvalue weighted by molar-refractivity contribution is 5.87. The second-order valence-electron chi connectivity index (χ2n) is 3.58. The molecule has 0 bridgehead atoms. The molecule has 0 aliphatic heterocycles. The standard InChI is InChI=1S/C11H15N5O/c1-7-10(14-6-13-8(2)12)4-5-11(15-7)16-9(3)17/h4-6H,1-3H3,(H2,12,13,14)(H,15,16,17)/p+1. The first-order valence-corrected chi connectivity index (χ1v) is 5.17. The first-order valence-electron chi connectivity index (χ1n) is 5.17. The lowest BCUT2D eigenvalue weighted by Gasteiger charge is -2.03. The van der Waals surface area contributed by atoms with Crippen molar-refractivity contribution in [1.82, 2.24) is 4.98 Å². The van der Waals surface area contributed by atoms with Gasteiger partial charge in [0.05, 0.1) is 0 Å². The van der Waals surface area contributed by atoms with Crippen LogP contribution in [0.1, 0.15) is 19.5 Å². The third-order valence-corrected chi connectivity index (χ3v) is 1.95. The molecule has 1 aromatic heterocycles. The molecular formula is C11H16N5O+. The Morgan fingerprint density at radius 2 is 2.24 bits per heavy atom. The Morgan fingerprint density at radius 1 is 1.53 bits per heavy atom. The van der Waals surface area contributed by atoms with E-state index < -0.39 is 0 Å². The number of anilines is 1. The minimum atomic E-state index is -0.144. The molecule has 0 saturated carbocycles. The van der Waals surface area contributed by atoms with Gasteiger partial charge in [0.2, 0.25) is 5.91 Å². The highest BCUT2D eigenvalue weighted by atomic mass is 16.1. The Kier molecular flexibility index (Phi) is 4.47. The number of carbonyl (C=O) groups excluding carboxylic acids is 1. The van der Waals surface area contributed by atoms with Crippen LogP contribution in [0.4, 0.5) is 11.5 Å². The summed E-state index contributed by atoms with van der Waals surface area (Å²) in [7, 11) is 0. The second-order valence-corrected chi connectivity index (χ2v) is 3.58. The Morgan fingerprint density at radius 3 is 2.76 bits per heavy atom. The number of carbonyl (C=O) groups is 1. The van der Waals surface area contributed by atoms with Gasteiger partial charge in [-0.15, -0.1) is 0 Å². The summed E-state index contributed by atoms with van der Waals surface area (Å²) in [5, 5.41) is 11.5. The van der Waals surface area contributed by atoms with Crippen LogP contribution in [-0.4, -0.2) is 23.1 Å². The molecule has 17 heavy (non-hydrogen) atoms. The van der Waals surface area contributed by atoms with Crippen molar-refractivity contribution in [2.75, 3.05) is 5.32 Å². The molecule has 90 valence electrons. The molecule has 1 amide bonds. The maximum atomic E-state index is 10.9. The SMILES string of the molecule is CC(=N)N=C[NH2+]c1ccc(NC(C)=O)nc1C. The molecule has 1 aromatic rings. The molecule has 6 nitrogen and oxygen atoms in total. The zero-order chi connectivity index (χ0) is 12.8. The van der Waals surface area contributed by atoms with E-state index in [9.17, 15) is 4.79 Å². The number of amidine groups is 1. The van der Waals surface area contributed by atoms with Crippen LogP contribution in [0.2, 0.25) is 0 Å². The Balaban J connectivity index is 2.76. The number of nitrogens with zero attached hydrogens (tertiary/aromatic N) is 2. The van der Waals surface area contributed by atoms with Gasteiger partial charge < -0.3 is 5.32 Å². The van der Waals surface area contributed by atoms with Crippen LogP contribution in [0, 0.1) is 12.3 Å². The summed E-state index contributed by atoms with van der Waals surface area (Å²) in [5.41, 5.74) is 1.70. The van der Waals surface area contributed by atoms with Crippen LogP contribution in [-0.2, 0) is 4.79 Å². The highest BCUT2D eigenvalue weighted by Gasteiger charge is 2.04.